The van der Waals surface area contributed by atoms with Gasteiger partial charge >= 0.3 is 0 Å². The van der Waals surface area contributed by atoms with E-state index in [1.807, 2.05) is 31.2 Å². The minimum atomic E-state index is -0.503. The number of piperidine rings is 1. The van der Waals surface area contributed by atoms with Crippen molar-refractivity contribution in [2.75, 3.05) is 0 Å². The minimum absolute atomic E-state index is 0.0137. The Labute approximate surface area is 140 Å². The molecule has 1 saturated heterocycles. The lowest BCUT2D eigenvalue weighted by atomic mass is 9.79. The molecule has 0 unspecified atom stereocenters. The Morgan fingerprint density at radius 1 is 1.22 bits per heavy atom. The van der Waals surface area contributed by atoms with Crippen LogP contribution in [0.1, 0.15) is 53.0 Å². The number of hydrogen-bond donors (Lipinski definition) is 2. The van der Waals surface area contributed by atoms with Crippen molar-refractivity contribution in [1.29, 1.82) is 0 Å². The molecule has 0 aromatic heterocycles. The van der Waals surface area contributed by atoms with Crippen LogP contribution in [0.2, 0.25) is 0 Å². The highest BCUT2D eigenvalue weighted by molar-refractivity contribution is 5.81. The topological polar surface area (TPSA) is 50.4 Å². The minimum Gasteiger partial charge on any atom is -0.481 e. The lowest BCUT2D eigenvalue weighted by Gasteiger charge is -2.46. The second kappa shape index (κ2) is 6.52. The Morgan fingerprint density at radius 3 is 2.35 bits per heavy atom. The van der Waals surface area contributed by atoms with Gasteiger partial charge in [-0.05, 0) is 66.0 Å². The summed E-state index contributed by atoms with van der Waals surface area (Å²) < 4.78 is 5.82. The van der Waals surface area contributed by atoms with E-state index in [1.54, 1.807) is 6.92 Å². The van der Waals surface area contributed by atoms with Crippen molar-refractivity contribution < 1.29 is 9.53 Å². The van der Waals surface area contributed by atoms with Crippen LogP contribution in [0.15, 0.2) is 24.3 Å². The molecule has 1 aromatic rings. The zero-order chi connectivity index (χ0) is 17.3. The number of nitrogens with one attached hydrogen (secondary N) is 2. The number of benzene rings is 1. The first-order valence-electron chi connectivity index (χ1n) is 8.40. The average molecular weight is 318 g/mol. The van der Waals surface area contributed by atoms with E-state index < -0.39 is 6.10 Å². The van der Waals surface area contributed by atoms with E-state index in [0.29, 0.717) is 0 Å². The Bertz CT molecular complexity index is 550. The molecular formula is C19H30N2O2. The molecule has 2 rings (SSSR count). The largest absolute Gasteiger partial charge is 0.481 e. The van der Waals surface area contributed by atoms with Crippen LogP contribution < -0.4 is 15.4 Å². The van der Waals surface area contributed by atoms with Crippen molar-refractivity contribution in [3.05, 3.63) is 29.8 Å². The molecule has 1 heterocycles. The summed E-state index contributed by atoms with van der Waals surface area (Å²) in [6, 6.07) is 7.93. The SMILES string of the molecule is Cc1ccccc1O[C@H](C)C(=O)NC1CC(C)(C)NC(C)(C)C1. The zero-order valence-corrected chi connectivity index (χ0v) is 15.2. The second-order valence-electron chi connectivity index (χ2n) is 8.03. The number of hydrogen-bond acceptors (Lipinski definition) is 3. The summed E-state index contributed by atoms with van der Waals surface area (Å²) in [5.41, 5.74) is 1.07. The number of amides is 1. The molecule has 0 spiro atoms. The third-order valence-electron chi connectivity index (χ3n) is 4.30. The quantitative estimate of drug-likeness (QED) is 0.896. The molecule has 0 saturated carbocycles. The molecule has 1 aliphatic heterocycles. The van der Waals surface area contributed by atoms with Crippen LogP contribution in [-0.2, 0) is 4.79 Å². The van der Waals surface area contributed by atoms with E-state index in [2.05, 4.69) is 38.3 Å². The Hall–Kier alpha value is -1.55. The Morgan fingerprint density at radius 2 is 1.78 bits per heavy atom. The highest BCUT2D eigenvalue weighted by Gasteiger charge is 2.38. The maximum atomic E-state index is 12.5. The molecule has 128 valence electrons. The predicted molar refractivity (Wildman–Crippen MR) is 93.7 cm³/mol. The molecule has 2 N–H and O–H groups in total. The molecule has 1 atom stereocenters. The van der Waals surface area contributed by atoms with Crippen LogP contribution in [-0.4, -0.2) is 29.1 Å². The van der Waals surface area contributed by atoms with Gasteiger partial charge in [-0.25, -0.2) is 0 Å². The molecule has 4 nitrogen and oxygen atoms in total. The summed E-state index contributed by atoms with van der Waals surface area (Å²) in [5.74, 6) is 0.716. The van der Waals surface area contributed by atoms with E-state index in [1.165, 1.54) is 0 Å². The zero-order valence-electron chi connectivity index (χ0n) is 15.2. The van der Waals surface area contributed by atoms with E-state index in [0.717, 1.165) is 24.2 Å². The number of aryl methyl sites for hydroxylation is 1. The molecule has 1 aromatic carbocycles. The van der Waals surface area contributed by atoms with E-state index in [9.17, 15) is 4.79 Å². The Balaban J connectivity index is 1.97. The molecule has 4 heteroatoms. The first-order chi connectivity index (χ1) is 10.6. The average Bonchev–Trinajstić information content (AvgIpc) is 2.37. The summed E-state index contributed by atoms with van der Waals surface area (Å²) in [6.45, 7) is 12.5. The van der Waals surface area contributed by atoms with Gasteiger partial charge in [0.2, 0.25) is 0 Å². The third kappa shape index (κ3) is 4.96. The van der Waals surface area contributed by atoms with E-state index in [4.69, 9.17) is 4.74 Å². The first-order valence-corrected chi connectivity index (χ1v) is 8.40. The van der Waals surface area contributed by atoms with Gasteiger partial charge in [-0.1, -0.05) is 18.2 Å². The Kier molecular flexibility index (Phi) is 5.04. The van der Waals surface area contributed by atoms with Crippen molar-refractivity contribution in [1.82, 2.24) is 10.6 Å². The molecule has 1 aliphatic rings. The number of carbonyl (C=O) groups is 1. The molecule has 0 bridgehead atoms. The molecule has 1 amide bonds. The third-order valence-corrected chi connectivity index (χ3v) is 4.30. The number of carbonyl (C=O) groups excluding carboxylic acids is 1. The lowest BCUT2D eigenvalue weighted by molar-refractivity contribution is -0.128. The molecule has 1 fully saturated rings. The van der Waals surface area contributed by atoms with Crippen molar-refractivity contribution in [2.45, 2.75) is 77.6 Å². The van der Waals surface area contributed by atoms with Crippen LogP contribution in [0.3, 0.4) is 0 Å². The smallest absolute Gasteiger partial charge is 0.260 e. The summed E-state index contributed by atoms with van der Waals surface area (Å²) >= 11 is 0. The van der Waals surface area contributed by atoms with Gasteiger partial charge in [-0.3, -0.25) is 4.79 Å². The lowest BCUT2D eigenvalue weighted by Crippen LogP contribution is -2.62. The van der Waals surface area contributed by atoms with Gasteiger partial charge in [0.05, 0.1) is 0 Å². The summed E-state index contributed by atoms with van der Waals surface area (Å²) in [6.07, 6.45) is 1.33. The van der Waals surface area contributed by atoms with Crippen LogP contribution in [0.25, 0.3) is 0 Å². The fourth-order valence-corrected chi connectivity index (χ4v) is 3.68. The summed E-state index contributed by atoms with van der Waals surface area (Å²) in [7, 11) is 0. The number of rotatable bonds is 4. The highest BCUT2D eigenvalue weighted by Crippen LogP contribution is 2.28. The van der Waals surface area contributed by atoms with Crippen LogP contribution in [0.5, 0.6) is 5.75 Å². The van der Waals surface area contributed by atoms with Gasteiger partial charge in [0.15, 0.2) is 6.10 Å². The normalized spacial score (nSPS) is 21.5. The first kappa shape index (κ1) is 17.8. The van der Waals surface area contributed by atoms with Crippen LogP contribution in [0, 0.1) is 6.92 Å². The molecule has 0 aliphatic carbocycles. The van der Waals surface area contributed by atoms with Gasteiger partial charge in [-0.15, -0.1) is 0 Å². The maximum absolute atomic E-state index is 12.5. The van der Waals surface area contributed by atoms with Gasteiger partial charge in [0, 0.05) is 17.1 Å². The van der Waals surface area contributed by atoms with Crippen LogP contribution in [0.4, 0.5) is 0 Å². The maximum Gasteiger partial charge on any atom is 0.260 e. The van der Waals surface area contributed by atoms with Crippen molar-refractivity contribution in [3.8, 4) is 5.75 Å². The van der Waals surface area contributed by atoms with Gasteiger partial charge in [0.1, 0.15) is 5.75 Å². The van der Waals surface area contributed by atoms with Gasteiger partial charge < -0.3 is 15.4 Å². The summed E-state index contributed by atoms with van der Waals surface area (Å²) in [5, 5.41) is 6.79. The molecular weight excluding hydrogens is 288 g/mol. The van der Waals surface area contributed by atoms with E-state index >= 15 is 0 Å². The van der Waals surface area contributed by atoms with Crippen LogP contribution >= 0.6 is 0 Å². The van der Waals surface area contributed by atoms with Crippen molar-refractivity contribution in [2.24, 2.45) is 0 Å². The number of para-hydroxylation sites is 1. The molecule has 0 radical (unpaired) electrons. The van der Waals surface area contributed by atoms with Gasteiger partial charge in [0.25, 0.3) is 5.91 Å². The summed E-state index contributed by atoms with van der Waals surface area (Å²) in [4.78, 5) is 12.5. The van der Waals surface area contributed by atoms with E-state index in [-0.39, 0.29) is 23.0 Å². The van der Waals surface area contributed by atoms with Gasteiger partial charge in [-0.2, -0.15) is 0 Å². The standard InChI is InChI=1S/C19H30N2O2/c1-13-9-7-8-10-16(13)23-14(2)17(22)20-15-11-18(3,4)21-19(5,6)12-15/h7-10,14-15,21H,11-12H2,1-6H3,(H,20,22)/t14-/m1/s1. The fourth-order valence-electron chi connectivity index (χ4n) is 3.68. The molecule has 23 heavy (non-hydrogen) atoms. The highest BCUT2D eigenvalue weighted by atomic mass is 16.5. The monoisotopic (exact) mass is 318 g/mol. The van der Waals surface area contributed by atoms with Crippen molar-refractivity contribution in [3.63, 3.8) is 0 Å². The van der Waals surface area contributed by atoms with Crippen molar-refractivity contribution >= 4 is 5.91 Å². The fraction of sp³-hybridized carbons (Fsp3) is 0.632. The second-order valence-corrected chi connectivity index (χ2v) is 8.03. The number of ether oxygens (including phenoxy) is 1. The predicted octanol–water partition coefficient (Wildman–Crippen LogP) is 3.19.